The molecule has 134 valence electrons. The summed E-state index contributed by atoms with van der Waals surface area (Å²) in [6.45, 7) is 10.3. The lowest BCUT2D eigenvalue weighted by Gasteiger charge is -2.19. The van der Waals surface area contributed by atoms with Crippen LogP contribution in [0, 0.1) is 0 Å². The number of amides is 2. The molecule has 1 rings (SSSR count). The summed E-state index contributed by atoms with van der Waals surface area (Å²) in [6, 6.07) is 7.54. The number of unbranched alkanes of at least 4 members (excludes halogenated alkanes) is 1. The van der Waals surface area contributed by atoms with E-state index in [9.17, 15) is 9.59 Å². The maximum atomic E-state index is 11.8. The second-order valence-corrected chi connectivity index (χ2v) is 6.86. The highest BCUT2D eigenvalue weighted by molar-refractivity contribution is 6.39. The van der Waals surface area contributed by atoms with Crippen LogP contribution in [0.5, 0.6) is 0 Å². The summed E-state index contributed by atoms with van der Waals surface area (Å²) in [4.78, 5) is 23.6. The fourth-order valence-electron chi connectivity index (χ4n) is 2.05. The summed E-state index contributed by atoms with van der Waals surface area (Å²) in [6.07, 6.45) is 2.85. The molecule has 24 heavy (non-hydrogen) atoms. The van der Waals surface area contributed by atoms with Gasteiger partial charge in [0.05, 0.1) is 0 Å². The average Bonchev–Trinajstić information content (AvgIpc) is 2.53. The number of rotatable bonds is 8. The van der Waals surface area contributed by atoms with Crippen molar-refractivity contribution in [2.75, 3.05) is 25.1 Å². The number of carbonyl (C=O) groups is 2. The van der Waals surface area contributed by atoms with Crippen LogP contribution in [0.25, 0.3) is 0 Å². The van der Waals surface area contributed by atoms with Crippen molar-refractivity contribution in [2.24, 2.45) is 0 Å². The minimum Gasteiger partial charge on any atom is -0.381 e. The summed E-state index contributed by atoms with van der Waals surface area (Å²) >= 11 is 0. The Labute approximate surface area is 145 Å². The molecule has 5 nitrogen and oxygen atoms in total. The number of anilines is 1. The van der Waals surface area contributed by atoms with Gasteiger partial charge in [-0.05, 0) is 36.0 Å². The van der Waals surface area contributed by atoms with Gasteiger partial charge >= 0.3 is 11.8 Å². The van der Waals surface area contributed by atoms with Gasteiger partial charge in [0, 0.05) is 25.4 Å². The SMILES string of the molecule is CCCCOCCCNC(=O)C(=O)Nc1ccc(C(C)(C)C)cc1. The zero-order chi connectivity index (χ0) is 18.0. The zero-order valence-corrected chi connectivity index (χ0v) is 15.3. The molecule has 0 bridgehead atoms. The fraction of sp³-hybridized carbons (Fsp3) is 0.579. The lowest BCUT2D eigenvalue weighted by Crippen LogP contribution is -2.36. The Morgan fingerprint density at radius 2 is 1.62 bits per heavy atom. The Bertz CT molecular complexity index is 518. The molecule has 0 radical (unpaired) electrons. The zero-order valence-electron chi connectivity index (χ0n) is 15.3. The maximum Gasteiger partial charge on any atom is 0.313 e. The van der Waals surface area contributed by atoms with Crippen molar-refractivity contribution >= 4 is 17.5 Å². The van der Waals surface area contributed by atoms with Crippen LogP contribution in [-0.2, 0) is 19.7 Å². The van der Waals surface area contributed by atoms with Crippen LogP contribution < -0.4 is 10.6 Å². The molecule has 0 spiro atoms. The van der Waals surface area contributed by atoms with Gasteiger partial charge in [-0.1, -0.05) is 46.2 Å². The van der Waals surface area contributed by atoms with E-state index in [1.807, 2.05) is 24.3 Å². The van der Waals surface area contributed by atoms with Gasteiger partial charge in [0.2, 0.25) is 0 Å². The maximum absolute atomic E-state index is 11.8. The Hall–Kier alpha value is -1.88. The molecule has 0 saturated heterocycles. The second-order valence-electron chi connectivity index (χ2n) is 6.86. The van der Waals surface area contributed by atoms with Gasteiger partial charge in [0.1, 0.15) is 0 Å². The van der Waals surface area contributed by atoms with Crippen LogP contribution in [0.15, 0.2) is 24.3 Å². The predicted octanol–water partition coefficient (Wildman–Crippen LogP) is 3.25. The quantitative estimate of drug-likeness (QED) is 0.566. The van der Waals surface area contributed by atoms with Crippen molar-refractivity contribution in [1.29, 1.82) is 0 Å². The number of carbonyl (C=O) groups excluding carboxylic acids is 2. The van der Waals surface area contributed by atoms with Crippen molar-refractivity contribution < 1.29 is 14.3 Å². The average molecular weight is 334 g/mol. The molecular formula is C19H30N2O3. The number of benzene rings is 1. The highest BCUT2D eigenvalue weighted by atomic mass is 16.5. The van der Waals surface area contributed by atoms with Crippen molar-refractivity contribution in [3.05, 3.63) is 29.8 Å². The van der Waals surface area contributed by atoms with Crippen LogP contribution in [0.1, 0.15) is 52.5 Å². The molecule has 0 aliphatic heterocycles. The third-order valence-corrected chi connectivity index (χ3v) is 3.61. The molecule has 1 aromatic rings. The molecule has 1 aromatic carbocycles. The van der Waals surface area contributed by atoms with Crippen LogP contribution in [-0.4, -0.2) is 31.6 Å². The summed E-state index contributed by atoms with van der Waals surface area (Å²) in [5, 5.41) is 5.21. The second kappa shape index (κ2) is 10.1. The summed E-state index contributed by atoms with van der Waals surface area (Å²) < 4.78 is 5.40. The molecule has 0 heterocycles. The number of hydrogen-bond donors (Lipinski definition) is 2. The van der Waals surface area contributed by atoms with Crippen LogP contribution in [0.3, 0.4) is 0 Å². The molecule has 0 atom stereocenters. The first-order chi connectivity index (χ1) is 11.3. The van der Waals surface area contributed by atoms with Crippen molar-refractivity contribution in [3.63, 3.8) is 0 Å². The number of ether oxygens (including phenoxy) is 1. The van der Waals surface area contributed by atoms with Crippen LogP contribution in [0.2, 0.25) is 0 Å². The first-order valence-electron chi connectivity index (χ1n) is 8.62. The third kappa shape index (κ3) is 7.59. The van der Waals surface area contributed by atoms with Gasteiger partial charge in [-0.3, -0.25) is 9.59 Å². The standard InChI is InChI=1S/C19H30N2O3/c1-5-6-13-24-14-7-12-20-17(22)18(23)21-16-10-8-15(9-11-16)19(2,3)4/h8-11H,5-7,12-14H2,1-4H3,(H,20,22)(H,21,23). The van der Waals surface area contributed by atoms with E-state index in [0.717, 1.165) is 19.4 Å². The summed E-state index contributed by atoms with van der Waals surface area (Å²) in [7, 11) is 0. The van der Waals surface area contributed by atoms with E-state index in [4.69, 9.17) is 4.74 Å². The molecular weight excluding hydrogens is 304 g/mol. The first kappa shape index (κ1) is 20.2. The Morgan fingerprint density at radius 3 is 2.21 bits per heavy atom. The summed E-state index contributed by atoms with van der Waals surface area (Å²) in [5.74, 6) is -1.27. The highest BCUT2D eigenvalue weighted by Crippen LogP contribution is 2.23. The van der Waals surface area contributed by atoms with Crippen molar-refractivity contribution in [3.8, 4) is 0 Å². The van der Waals surface area contributed by atoms with E-state index in [2.05, 4.69) is 38.3 Å². The minimum absolute atomic E-state index is 0.0547. The van der Waals surface area contributed by atoms with E-state index in [-0.39, 0.29) is 5.41 Å². The van der Waals surface area contributed by atoms with E-state index < -0.39 is 11.8 Å². The first-order valence-corrected chi connectivity index (χ1v) is 8.62. The third-order valence-electron chi connectivity index (χ3n) is 3.61. The van der Waals surface area contributed by atoms with E-state index in [0.29, 0.717) is 25.3 Å². The summed E-state index contributed by atoms with van der Waals surface area (Å²) in [5.41, 5.74) is 1.85. The van der Waals surface area contributed by atoms with Crippen molar-refractivity contribution in [2.45, 2.75) is 52.4 Å². The van der Waals surface area contributed by atoms with E-state index in [1.165, 1.54) is 5.56 Å². The molecule has 0 saturated carbocycles. The molecule has 2 amide bonds. The van der Waals surface area contributed by atoms with E-state index in [1.54, 1.807) is 0 Å². The molecule has 0 fully saturated rings. The lowest BCUT2D eigenvalue weighted by atomic mass is 9.87. The Balaban J connectivity index is 2.30. The molecule has 0 unspecified atom stereocenters. The van der Waals surface area contributed by atoms with Crippen LogP contribution in [0.4, 0.5) is 5.69 Å². The Kier molecular flexibility index (Phi) is 8.47. The number of hydrogen-bond acceptors (Lipinski definition) is 3. The molecule has 0 aliphatic rings. The van der Waals surface area contributed by atoms with E-state index >= 15 is 0 Å². The van der Waals surface area contributed by atoms with Gasteiger partial charge in [0.15, 0.2) is 0 Å². The fourth-order valence-corrected chi connectivity index (χ4v) is 2.05. The molecule has 2 N–H and O–H groups in total. The minimum atomic E-state index is -0.648. The number of nitrogens with one attached hydrogen (secondary N) is 2. The topological polar surface area (TPSA) is 67.4 Å². The van der Waals surface area contributed by atoms with Gasteiger partial charge in [0.25, 0.3) is 0 Å². The van der Waals surface area contributed by atoms with Gasteiger partial charge in [-0.15, -0.1) is 0 Å². The lowest BCUT2D eigenvalue weighted by molar-refractivity contribution is -0.136. The monoisotopic (exact) mass is 334 g/mol. The normalized spacial score (nSPS) is 11.2. The van der Waals surface area contributed by atoms with Gasteiger partial charge < -0.3 is 15.4 Å². The van der Waals surface area contributed by atoms with Crippen LogP contribution >= 0.6 is 0 Å². The van der Waals surface area contributed by atoms with Crippen molar-refractivity contribution in [1.82, 2.24) is 5.32 Å². The molecule has 0 aliphatic carbocycles. The van der Waals surface area contributed by atoms with Gasteiger partial charge in [-0.2, -0.15) is 0 Å². The predicted molar refractivity (Wildman–Crippen MR) is 97.1 cm³/mol. The molecule has 5 heteroatoms. The molecule has 0 aromatic heterocycles. The largest absolute Gasteiger partial charge is 0.381 e. The van der Waals surface area contributed by atoms with Gasteiger partial charge in [-0.25, -0.2) is 0 Å². The smallest absolute Gasteiger partial charge is 0.313 e. The highest BCUT2D eigenvalue weighted by Gasteiger charge is 2.15. The Morgan fingerprint density at radius 1 is 1.00 bits per heavy atom.